The number of hydrogen-bond acceptors (Lipinski definition) is 3. The summed E-state index contributed by atoms with van der Waals surface area (Å²) in [6.07, 6.45) is 4.45. The van der Waals surface area contributed by atoms with Gasteiger partial charge in [-0.15, -0.1) is 11.3 Å². The van der Waals surface area contributed by atoms with Gasteiger partial charge in [0.2, 0.25) is 0 Å². The van der Waals surface area contributed by atoms with Crippen LogP contribution in [0.1, 0.15) is 53.6 Å². The van der Waals surface area contributed by atoms with Crippen LogP contribution in [0.5, 0.6) is 0 Å². The molecule has 4 rings (SSSR count). The Hall–Kier alpha value is -2.50. The van der Waals surface area contributed by atoms with Crippen LogP contribution in [0.15, 0.2) is 53.5 Å². The Kier molecular flexibility index (Phi) is 6.50. The average Bonchev–Trinajstić information content (AvgIpc) is 3.09. The highest BCUT2D eigenvalue weighted by molar-refractivity contribution is 7.16. The first-order valence-electron chi connectivity index (χ1n) is 10.7. The van der Waals surface area contributed by atoms with Gasteiger partial charge in [-0.1, -0.05) is 50.6 Å². The van der Waals surface area contributed by atoms with E-state index in [2.05, 4.69) is 31.1 Å². The molecule has 1 heterocycles. The normalized spacial score (nSPS) is 16.2. The number of rotatable bonds is 4. The van der Waals surface area contributed by atoms with Gasteiger partial charge in [-0.05, 0) is 72.1 Å². The van der Waals surface area contributed by atoms with Crippen LogP contribution >= 0.6 is 22.9 Å². The third kappa shape index (κ3) is 5.11. The van der Waals surface area contributed by atoms with Crippen molar-refractivity contribution in [2.45, 2.75) is 40.0 Å². The summed E-state index contributed by atoms with van der Waals surface area (Å²) in [6.45, 7) is 6.81. The molecule has 0 saturated heterocycles. The van der Waals surface area contributed by atoms with Crippen molar-refractivity contribution in [2.24, 2.45) is 16.3 Å². The summed E-state index contributed by atoms with van der Waals surface area (Å²) >= 11 is 7.65. The molecule has 0 fully saturated rings. The number of aliphatic imine (C=N–C) groups is 1. The molecule has 166 valence electrons. The molecule has 1 aliphatic rings. The van der Waals surface area contributed by atoms with E-state index in [4.69, 9.17) is 11.6 Å². The minimum absolute atomic E-state index is 0.189. The second kappa shape index (κ2) is 9.16. The van der Waals surface area contributed by atoms with Crippen LogP contribution in [0.3, 0.4) is 0 Å². The molecule has 3 aromatic rings. The summed E-state index contributed by atoms with van der Waals surface area (Å²) < 4.78 is 13.6. The predicted octanol–water partition coefficient (Wildman–Crippen LogP) is 7.69. The van der Waals surface area contributed by atoms with E-state index in [1.807, 2.05) is 6.07 Å². The minimum Gasteiger partial charge on any atom is -0.322 e. The Morgan fingerprint density at radius 3 is 2.72 bits per heavy atom. The fraction of sp³-hybridized carbons (Fsp3) is 0.308. The van der Waals surface area contributed by atoms with Gasteiger partial charge >= 0.3 is 0 Å². The van der Waals surface area contributed by atoms with Gasteiger partial charge < -0.3 is 5.32 Å². The number of thiophene rings is 1. The van der Waals surface area contributed by atoms with Crippen LogP contribution in [0.4, 0.5) is 15.1 Å². The van der Waals surface area contributed by atoms with Crippen LogP contribution in [0.25, 0.3) is 0 Å². The molecule has 1 N–H and O–H groups in total. The molecule has 32 heavy (non-hydrogen) atoms. The highest BCUT2D eigenvalue weighted by Crippen LogP contribution is 2.45. The average molecular weight is 469 g/mol. The Balaban J connectivity index is 1.71. The van der Waals surface area contributed by atoms with Crippen LogP contribution in [-0.4, -0.2) is 12.1 Å². The van der Waals surface area contributed by atoms with E-state index in [0.717, 1.165) is 24.8 Å². The van der Waals surface area contributed by atoms with Crippen LogP contribution in [0.2, 0.25) is 5.02 Å². The van der Waals surface area contributed by atoms with E-state index in [-0.39, 0.29) is 17.1 Å². The lowest BCUT2D eigenvalue weighted by molar-refractivity contribution is 0.102. The van der Waals surface area contributed by atoms with Crippen molar-refractivity contribution in [3.05, 3.63) is 80.9 Å². The van der Waals surface area contributed by atoms with Crippen molar-refractivity contribution in [3.63, 3.8) is 0 Å². The highest BCUT2D eigenvalue weighted by atomic mass is 35.5. The minimum atomic E-state index is -0.314. The zero-order valence-electron chi connectivity index (χ0n) is 18.4. The van der Waals surface area contributed by atoms with E-state index in [1.165, 1.54) is 17.0 Å². The van der Waals surface area contributed by atoms with Crippen molar-refractivity contribution in [1.82, 2.24) is 0 Å². The monoisotopic (exact) mass is 468 g/mol. The SMILES string of the molecule is CC(C)(C)[C@@H]1CCc2c(sc(N=Cc3cccc(F)c3)c2C(=O)Nc2cccc(Cl)c2)C1. The Bertz CT molecular complexity index is 1180. The third-order valence-corrected chi connectivity index (χ3v) is 7.36. The van der Waals surface area contributed by atoms with Crippen LogP contribution < -0.4 is 5.32 Å². The lowest BCUT2D eigenvalue weighted by Gasteiger charge is -2.33. The number of carbonyl (C=O) groups excluding carboxylic acids is 1. The number of benzene rings is 2. The molecule has 1 atom stereocenters. The Morgan fingerprint density at radius 1 is 1.22 bits per heavy atom. The number of carbonyl (C=O) groups is 1. The summed E-state index contributed by atoms with van der Waals surface area (Å²) in [4.78, 5) is 19.2. The van der Waals surface area contributed by atoms with Crippen LogP contribution in [-0.2, 0) is 12.8 Å². The molecule has 2 aromatic carbocycles. The van der Waals surface area contributed by atoms with Crippen molar-refractivity contribution >= 4 is 45.7 Å². The predicted molar refractivity (Wildman–Crippen MR) is 132 cm³/mol. The first kappa shape index (κ1) is 22.7. The van der Waals surface area contributed by atoms with Gasteiger partial charge in [-0.25, -0.2) is 9.38 Å². The second-order valence-electron chi connectivity index (χ2n) is 9.27. The largest absolute Gasteiger partial charge is 0.322 e. The Labute approximate surface area is 197 Å². The summed E-state index contributed by atoms with van der Waals surface area (Å²) in [5.74, 6) is 0.0503. The molecule has 0 spiro atoms. The van der Waals surface area contributed by atoms with E-state index < -0.39 is 0 Å². The number of anilines is 1. The lowest BCUT2D eigenvalue weighted by Crippen LogP contribution is -2.27. The molecule has 0 bridgehead atoms. The van der Waals surface area contributed by atoms with Crippen molar-refractivity contribution in [1.29, 1.82) is 0 Å². The lowest BCUT2D eigenvalue weighted by atomic mass is 9.72. The zero-order chi connectivity index (χ0) is 22.9. The molecule has 0 unspecified atom stereocenters. The summed E-state index contributed by atoms with van der Waals surface area (Å²) in [7, 11) is 0. The number of fused-ring (bicyclic) bond motifs is 1. The molecule has 1 amide bonds. The van der Waals surface area contributed by atoms with Gasteiger partial charge in [0.15, 0.2) is 0 Å². The number of halogens is 2. The summed E-state index contributed by atoms with van der Waals surface area (Å²) in [5, 5.41) is 4.20. The van der Waals surface area contributed by atoms with Crippen molar-refractivity contribution in [2.75, 3.05) is 5.32 Å². The van der Waals surface area contributed by atoms with Gasteiger partial charge in [0.05, 0.1) is 5.56 Å². The quantitative estimate of drug-likeness (QED) is 0.391. The maximum Gasteiger partial charge on any atom is 0.259 e. The molecule has 6 heteroatoms. The number of amides is 1. The molecule has 0 saturated carbocycles. The van der Waals surface area contributed by atoms with Crippen molar-refractivity contribution in [3.8, 4) is 0 Å². The van der Waals surface area contributed by atoms with Gasteiger partial charge in [0, 0.05) is 21.8 Å². The highest BCUT2D eigenvalue weighted by Gasteiger charge is 2.33. The van der Waals surface area contributed by atoms with E-state index in [1.54, 1.807) is 47.9 Å². The van der Waals surface area contributed by atoms with E-state index in [0.29, 0.717) is 32.8 Å². The first-order chi connectivity index (χ1) is 15.2. The molecular formula is C26H26ClFN2OS. The van der Waals surface area contributed by atoms with Gasteiger partial charge in [0.1, 0.15) is 10.8 Å². The number of hydrogen-bond donors (Lipinski definition) is 1. The zero-order valence-corrected chi connectivity index (χ0v) is 20.0. The van der Waals surface area contributed by atoms with Gasteiger partial charge in [-0.3, -0.25) is 4.79 Å². The Morgan fingerprint density at radius 2 is 2.00 bits per heavy atom. The molecular weight excluding hydrogens is 443 g/mol. The molecule has 0 radical (unpaired) electrons. The van der Waals surface area contributed by atoms with E-state index >= 15 is 0 Å². The van der Waals surface area contributed by atoms with Gasteiger partial charge in [-0.2, -0.15) is 0 Å². The maximum absolute atomic E-state index is 13.6. The van der Waals surface area contributed by atoms with Crippen LogP contribution in [0, 0.1) is 17.2 Å². The molecule has 0 aliphatic heterocycles. The fourth-order valence-corrected chi connectivity index (χ4v) is 5.57. The summed E-state index contributed by atoms with van der Waals surface area (Å²) in [6, 6.07) is 13.4. The third-order valence-electron chi connectivity index (χ3n) is 5.96. The standard InChI is InChI=1S/C26H26ClFN2OS/c1-26(2,3)17-10-11-21-22(13-17)32-25(29-15-16-6-4-8-19(28)12-16)23(21)24(31)30-20-9-5-7-18(27)14-20/h4-9,12,14-15,17H,10-11,13H2,1-3H3,(H,30,31)/t17-/m1/s1. The topological polar surface area (TPSA) is 41.5 Å². The molecule has 1 aliphatic carbocycles. The molecule has 1 aromatic heterocycles. The van der Waals surface area contributed by atoms with Gasteiger partial charge in [0.25, 0.3) is 5.91 Å². The molecule has 3 nitrogen and oxygen atoms in total. The number of nitrogens with one attached hydrogen (secondary N) is 1. The smallest absolute Gasteiger partial charge is 0.259 e. The summed E-state index contributed by atoms with van der Waals surface area (Å²) in [5.41, 5.74) is 3.21. The van der Waals surface area contributed by atoms with E-state index in [9.17, 15) is 9.18 Å². The first-order valence-corrected chi connectivity index (χ1v) is 11.9. The fourth-order valence-electron chi connectivity index (χ4n) is 4.12. The van der Waals surface area contributed by atoms with Crippen molar-refractivity contribution < 1.29 is 9.18 Å². The maximum atomic E-state index is 13.6. The number of nitrogens with zero attached hydrogens (tertiary/aromatic N) is 1. The second-order valence-corrected chi connectivity index (χ2v) is 10.8.